The minimum absolute atomic E-state index is 0.118. The van der Waals surface area contributed by atoms with Crippen molar-refractivity contribution in [3.05, 3.63) is 59.5 Å². The van der Waals surface area contributed by atoms with E-state index in [1.54, 1.807) is 13.3 Å². The molecule has 0 spiro atoms. The first-order valence-corrected chi connectivity index (χ1v) is 9.20. The van der Waals surface area contributed by atoms with E-state index in [-0.39, 0.29) is 25.3 Å². The molecule has 0 saturated heterocycles. The lowest BCUT2D eigenvalue weighted by Crippen LogP contribution is -2.43. The largest absolute Gasteiger partial charge is 0.511 e. The van der Waals surface area contributed by atoms with E-state index in [0.717, 1.165) is 16.7 Å². The van der Waals surface area contributed by atoms with E-state index in [1.807, 2.05) is 36.4 Å². The number of rotatable bonds is 7. The molecule has 9 nitrogen and oxygen atoms in total. The normalized spacial score (nSPS) is 13.9. The second kappa shape index (κ2) is 9.08. The number of carboxylic acids is 1. The van der Waals surface area contributed by atoms with Gasteiger partial charge in [-0.25, -0.2) is 4.98 Å². The van der Waals surface area contributed by atoms with Crippen molar-refractivity contribution in [3.63, 3.8) is 0 Å². The van der Waals surface area contributed by atoms with Gasteiger partial charge in [0.25, 0.3) is 11.8 Å². The minimum Gasteiger partial charge on any atom is -0.511 e. The first-order valence-electron chi connectivity index (χ1n) is 9.20. The van der Waals surface area contributed by atoms with Gasteiger partial charge in [0.1, 0.15) is 17.9 Å². The van der Waals surface area contributed by atoms with Gasteiger partial charge in [0.05, 0.1) is 7.11 Å². The van der Waals surface area contributed by atoms with Crippen LogP contribution in [0.25, 0.3) is 11.1 Å². The Morgan fingerprint density at radius 2 is 1.97 bits per heavy atom. The number of aliphatic hydroxyl groups excluding tert-OH is 1. The van der Waals surface area contributed by atoms with Gasteiger partial charge in [0.15, 0.2) is 0 Å². The Bertz CT molecular complexity index is 1000. The topological polar surface area (TPSA) is 129 Å². The van der Waals surface area contributed by atoms with Crippen LogP contribution in [0.5, 0.6) is 5.88 Å². The predicted octanol–water partition coefficient (Wildman–Crippen LogP) is 1.50. The SMILES string of the molecule is COc1ncccc1-c1ccc(CN2CCC(O)=C(C(=O)NCC(=O)O)C2=O)cc1. The van der Waals surface area contributed by atoms with Gasteiger partial charge in [-0.3, -0.25) is 14.4 Å². The molecule has 2 amide bonds. The molecule has 156 valence electrons. The monoisotopic (exact) mass is 411 g/mol. The number of aromatic nitrogens is 1. The highest BCUT2D eigenvalue weighted by atomic mass is 16.5. The Kier molecular flexibility index (Phi) is 6.31. The van der Waals surface area contributed by atoms with E-state index < -0.39 is 29.9 Å². The lowest BCUT2D eigenvalue weighted by Gasteiger charge is -2.28. The van der Waals surface area contributed by atoms with Crippen molar-refractivity contribution in [2.24, 2.45) is 0 Å². The van der Waals surface area contributed by atoms with Crippen LogP contribution in [0.3, 0.4) is 0 Å². The van der Waals surface area contributed by atoms with E-state index in [4.69, 9.17) is 9.84 Å². The van der Waals surface area contributed by atoms with E-state index >= 15 is 0 Å². The fourth-order valence-corrected chi connectivity index (χ4v) is 3.16. The van der Waals surface area contributed by atoms with Crippen molar-refractivity contribution < 1.29 is 29.3 Å². The first-order chi connectivity index (χ1) is 14.4. The number of methoxy groups -OCH3 is 1. The van der Waals surface area contributed by atoms with Crippen LogP contribution in [-0.4, -0.2) is 58.1 Å². The number of hydrogen-bond acceptors (Lipinski definition) is 6. The Labute approximate surface area is 172 Å². The van der Waals surface area contributed by atoms with Crippen LogP contribution >= 0.6 is 0 Å². The molecule has 3 N–H and O–H groups in total. The van der Waals surface area contributed by atoms with Crippen LogP contribution in [0.2, 0.25) is 0 Å². The summed E-state index contributed by atoms with van der Waals surface area (Å²) in [4.78, 5) is 41.0. The number of carboxylic acid groups (broad SMARTS) is 1. The van der Waals surface area contributed by atoms with E-state index in [0.29, 0.717) is 5.88 Å². The molecule has 1 aromatic heterocycles. The zero-order valence-electron chi connectivity index (χ0n) is 16.3. The summed E-state index contributed by atoms with van der Waals surface area (Å²) in [5.74, 6) is -2.61. The smallest absolute Gasteiger partial charge is 0.322 e. The van der Waals surface area contributed by atoms with Gasteiger partial charge in [-0.1, -0.05) is 24.3 Å². The number of aliphatic hydroxyl groups is 1. The average Bonchev–Trinajstić information content (AvgIpc) is 2.75. The number of benzene rings is 1. The van der Waals surface area contributed by atoms with Crippen LogP contribution in [0.4, 0.5) is 0 Å². The van der Waals surface area contributed by atoms with Crippen molar-refractivity contribution in [3.8, 4) is 17.0 Å². The highest BCUT2D eigenvalue weighted by Gasteiger charge is 2.32. The van der Waals surface area contributed by atoms with E-state index in [2.05, 4.69) is 10.3 Å². The van der Waals surface area contributed by atoms with Crippen molar-refractivity contribution in [2.45, 2.75) is 13.0 Å². The average molecular weight is 411 g/mol. The second-order valence-corrected chi connectivity index (χ2v) is 6.63. The van der Waals surface area contributed by atoms with Crippen LogP contribution in [0.15, 0.2) is 53.9 Å². The molecular formula is C21H21N3O6. The van der Waals surface area contributed by atoms with Gasteiger partial charge in [0.2, 0.25) is 5.88 Å². The van der Waals surface area contributed by atoms with Crippen molar-refractivity contribution >= 4 is 17.8 Å². The molecule has 0 aliphatic carbocycles. The summed E-state index contributed by atoms with van der Waals surface area (Å²) in [6.45, 7) is -0.146. The lowest BCUT2D eigenvalue weighted by molar-refractivity contribution is -0.138. The van der Waals surface area contributed by atoms with Crippen LogP contribution < -0.4 is 10.1 Å². The number of nitrogens with zero attached hydrogens (tertiary/aromatic N) is 2. The van der Waals surface area contributed by atoms with Crippen molar-refractivity contribution in [2.75, 3.05) is 20.2 Å². The predicted molar refractivity (Wildman–Crippen MR) is 107 cm³/mol. The molecule has 2 heterocycles. The number of carbonyl (C=O) groups excluding carboxylic acids is 2. The number of ether oxygens (including phenoxy) is 1. The van der Waals surface area contributed by atoms with Gasteiger partial charge >= 0.3 is 5.97 Å². The Hall–Kier alpha value is -3.88. The maximum Gasteiger partial charge on any atom is 0.322 e. The van der Waals surface area contributed by atoms with Gasteiger partial charge in [-0.2, -0.15) is 0 Å². The highest BCUT2D eigenvalue weighted by Crippen LogP contribution is 2.28. The van der Waals surface area contributed by atoms with Crippen molar-refractivity contribution in [1.29, 1.82) is 0 Å². The maximum absolute atomic E-state index is 12.7. The Balaban J connectivity index is 1.73. The zero-order chi connectivity index (χ0) is 21.7. The summed E-state index contributed by atoms with van der Waals surface area (Å²) >= 11 is 0. The van der Waals surface area contributed by atoms with Crippen LogP contribution in [-0.2, 0) is 20.9 Å². The summed E-state index contributed by atoms with van der Waals surface area (Å²) in [5.41, 5.74) is 2.16. The van der Waals surface area contributed by atoms with E-state index in [9.17, 15) is 19.5 Å². The summed E-state index contributed by atoms with van der Waals surface area (Å²) in [6, 6.07) is 11.2. The second-order valence-electron chi connectivity index (χ2n) is 6.63. The summed E-state index contributed by atoms with van der Waals surface area (Å²) < 4.78 is 5.28. The Morgan fingerprint density at radius 1 is 1.23 bits per heavy atom. The van der Waals surface area contributed by atoms with Gasteiger partial charge in [-0.15, -0.1) is 0 Å². The standard InChI is InChI=1S/C21H21N3O6/c1-30-20-15(3-2-9-22-20)14-6-4-13(5-7-14)12-24-10-8-16(25)18(21(24)29)19(28)23-11-17(26)27/h2-7,9,25H,8,10-12H2,1H3,(H,23,28)(H,26,27). The molecule has 0 fully saturated rings. The molecule has 1 aliphatic heterocycles. The molecule has 0 atom stereocenters. The highest BCUT2D eigenvalue weighted by molar-refractivity contribution is 6.19. The van der Waals surface area contributed by atoms with Gasteiger partial charge in [0, 0.05) is 31.3 Å². The maximum atomic E-state index is 12.7. The molecule has 0 radical (unpaired) electrons. The molecule has 0 bridgehead atoms. The summed E-state index contributed by atoms with van der Waals surface area (Å²) in [5, 5.41) is 20.8. The molecule has 0 saturated carbocycles. The van der Waals surface area contributed by atoms with Gasteiger partial charge < -0.3 is 25.2 Å². The zero-order valence-corrected chi connectivity index (χ0v) is 16.3. The third kappa shape index (κ3) is 4.57. The molecule has 0 unspecified atom stereocenters. The number of pyridine rings is 1. The summed E-state index contributed by atoms with van der Waals surface area (Å²) in [7, 11) is 1.55. The number of amides is 2. The third-order valence-electron chi connectivity index (χ3n) is 4.64. The molecule has 2 aromatic rings. The number of hydrogen-bond donors (Lipinski definition) is 3. The fraction of sp³-hybridized carbons (Fsp3) is 0.238. The lowest BCUT2D eigenvalue weighted by atomic mass is 10.0. The van der Waals surface area contributed by atoms with Gasteiger partial charge in [-0.05, 0) is 23.3 Å². The molecule has 1 aromatic carbocycles. The number of carbonyl (C=O) groups is 3. The third-order valence-corrected chi connectivity index (χ3v) is 4.64. The number of aliphatic carboxylic acids is 1. The number of nitrogens with one attached hydrogen (secondary N) is 1. The molecule has 9 heteroatoms. The minimum atomic E-state index is -1.24. The molecule has 3 rings (SSSR count). The molecule has 30 heavy (non-hydrogen) atoms. The van der Waals surface area contributed by atoms with Crippen LogP contribution in [0.1, 0.15) is 12.0 Å². The summed E-state index contributed by atoms with van der Waals surface area (Å²) in [6.07, 6.45) is 1.76. The Morgan fingerprint density at radius 3 is 2.63 bits per heavy atom. The fourth-order valence-electron chi connectivity index (χ4n) is 3.16. The van der Waals surface area contributed by atoms with Crippen LogP contribution in [0, 0.1) is 0 Å². The molecular weight excluding hydrogens is 390 g/mol. The van der Waals surface area contributed by atoms with Crippen molar-refractivity contribution in [1.82, 2.24) is 15.2 Å². The first kappa shape index (κ1) is 20.8. The quantitative estimate of drug-likeness (QED) is 0.589. The molecule has 1 aliphatic rings. The van der Waals surface area contributed by atoms with E-state index in [1.165, 1.54) is 4.90 Å².